The highest BCUT2D eigenvalue weighted by Gasteiger charge is 2.36. The lowest BCUT2D eigenvalue weighted by atomic mass is 9.98. The van der Waals surface area contributed by atoms with Crippen molar-refractivity contribution in [3.8, 4) is 5.75 Å². The third-order valence-electron chi connectivity index (χ3n) is 5.36. The maximum atomic E-state index is 13.3. The molecule has 1 heterocycles. The predicted molar refractivity (Wildman–Crippen MR) is 125 cm³/mol. The number of ether oxygens (including phenoxy) is 2. The van der Waals surface area contributed by atoms with Crippen molar-refractivity contribution in [1.82, 2.24) is 10.2 Å². The Bertz CT molecular complexity index is 997. The molecule has 7 nitrogen and oxygen atoms in total. The van der Waals surface area contributed by atoms with Crippen LogP contribution in [0, 0.1) is 6.92 Å². The third-order valence-corrected chi connectivity index (χ3v) is 5.36. The van der Waals surface area contributed by atoms with Crippen molar-refractivity contribution in [2.75, 3.05) is 13.1 Å². The third kappa shape index (κ3) is 6.81. The van der Waals surface area contributed by atoms with Crippen LogP contribution in [0.1, 0.15) is 55.1 Å². The van der Waals surface area contributed by atoms with Crippen LogP contribution in [-0.2, 0) is 16.1 Å². The van der Waals surface area contributed by atoms with Gasteiger partial charge in [0.25, 0.3) is 0 Å². The van der Waals surface area contributed by atoms with Crippen molar-refractivity contribution in [3.63, 3.8) is 0 Å². The lowest BCUT2D eigenvalue weighted by molar-refractivity contribution is -0.128. The highest BCUT2D eigenvalue weighted by atomic mass is 16.6. The van der Waals surface area contributed by atoms with Crippen molar-refractivity contribution < 1.29 is 23.9 Å². The molecule has 0 unspecified atom stereocenters. The molecule has 0 aliphatic carbocycles. The molecule has 1 aliphatic heterocycles. The van der Waals surface area contributed by atoms with Gasteiger partial charge in [0, 0.05) is 25.1 Å². The Labute approximate surface area is 195 Å². The van der Waals surface area contributed by atoms with Crippen molar-refractivity contribution in [2.45, 2.75) is 58.8 Å². The van der Waals surface area contributed by atoms with Gasteiger partial charge < -0.3 is 19.7 Å². The topological polar surface area (TPSA) is 84.9 Å². The quantitative estimate of drug-likeness (QED) is 0.605. The second-order valence-electron chi connectivity index (χ2n) is 9.19. The van der Waals surface area contributed by atoms with E-state index in [-0.39, 0.29) is 24.8 Å². The number of carbonyl (C=O) groups is 3. The Balaban J connectivity index is 1.60. The number of Topliss-reactive ketones (excluding diaryl/α,β-unsaturated/α-hetero) is 1. The van der Waals surface area contributed by atoms with Crippen molar-refractivity contribution >= 4 is 17.8 Å². The molecule has 33 heavy (non-hydrogen) atoms. The Morgan fingerprint density at radius 2 is 1.85 bits per heavy atom. The summed E-state index contributed by atoms with van der Waals surface area (Å²) in [5, 5.41) is 2.65. The van der Waals surface area contributed by atoms with Gasteiger partial charge in [-0.2, -0.15) is 0 Å². The zero-order chi connectivity index (χ0) is 24.0. The molecule has 2 aromatic carbocycles. The van der Waals surface area contributed by atoms with Crippen LogP contribution in [0.15, 0.2) is 48.5 Å². The van der Waals surface area contributed by atoms with Gasteiger partial charge in [0.2, 0.25) is 5.91 Å². The predicted octanol–water partition coefficient (Wildman–Crippen LogP) is 4.27. The van der Waals surface area contributed by atoms with E-state index in [9.17, 15) is 14.4 Å². The van der Waals surface area contributed by atoms with Crippen LogP contribution >= 0.6 is 0 Å². The molecule has 0 radical (unpaired) electrons. The van der Waals surface area contributed by atoms with Crippen LogP contribution in [0.5, 0.6) is 5.75 Å². The van der Waals surface area contributed by atoms with Crippen molar-refractivity contribution in [2.24, 2.45) is 0 Å². The minimum Gasteiger partial charge on any atom is -0.489 e. The van der Waals surface area contributed by atoms with E-state index in [0.717, 1.165) is 11.1 Å². The lowest BCUT2D eigenvalue weighted by Gasteiger charge is -2.25. The highest BCUT2D eigenvalue weighted by Crippen LogP contribution is 2.26. The number of alkyl carbamates (subject to hydrolysis) is 1. The first-order valence-electron chi connectivity index (χ1n) is 11.2. The minimum absolute atomic E-state index is 0.0835. The van der Waals surface area contributed by atoms with Gasteiger partial charge in [-0.25, -0.2) is 4.79 Å². The van der Waals surface area contributed by atoms with Gasteiger partial charge in [-0.3, -0.25) is 9.59 Å². The van der Waals surface area contributed by atoms with Gasteiger partial charge in [-0.1, -0.05) is 30.3 Å². The van der Waals surface area contributed by atoms with Gasteiger partial charge >= 0.3 is 6.09 Å². The second-order valence-corrected chi connectivity index (χ2v) is 9.19. The molecule has 0 spiro atoms. The first-order chi connectivity index (χ1) is 15.6. The summed E-state index contributed by atoms with van der Waals surface area (Å²) < 4.78 is 11.1. The summed E-state index contributed by atoms with van der Waals surface area (Å²) in [6.45, 7) is 8.14. The number of benzene rings is 2. The zero-order valence-electron chi connectivity index (χ0n) is 19.7. The SMILES string of the molecule is Cc1cc(OCc2ccccc2)ccc1C(=O)[C@@H]1CCC(=O)N1CCNC(=O)OC(C)(C)C. The molecule has 7 heteroatoms. The van der Waals surface area contributed by atoms with E-state index in [1.165, 1.54) is 0 Å². The molecule has 1 atom stereocenters. The molecule has 1 aliphatic rings. The van der Waals surface area contributed by atoms with Gasteiger partial charge in [0.15, 0.2) is 5.78 Å². The summed E-state index contributed by atoms with van der Waals surface area (Å²) in [7, 11) is 0. The van der Waals surface area contributed by atoms with Gasteiger partial charge in [-0.15, -0.1) is 0 Å². The zero-order valence-corrected chi connectivity index (χ0v) is 19.7. The van der Waals surface area contributed by atoms with Gasteiger partial charge in [0.05, 0.1) is 6.04 Å². The number of hydrogen-bond acceptors (Lipinski definition) is 5. The fraction of sp³-hybridized carbons (Fsp3) is 0.423. The number of carbonyl (C=O) groups excluding carboxylic acids is 3. The number of hydrogen-bond donors (Lipinski definition) is 1. The molecule has 2 amide bonds. The fourth-order valence-electron chi connectivity index (χ4n) is 3.80. The van der Waals surface area contributed by atoms with Gasteiger partial charge in [-0.05, 0) is 63.4 Å². The van der Waals surface area contributed by atoms with Crippen molar-refractivity contribution in [1.29, 1.82) is 0 Å². The van der Waals surface area contributed by atoms with Crippen LogP contribution < -0.4 is 10.1 Å². The van der Waals surface area contributed by atoms with Crippen LogP contribution in [0.4, 0.5) is 4.79 Å². The molecule has 1 fully saturated rings. The monoisotopic (exact) mass is 452 g/mol. The lowest BCUT2D eigenvalue weighted by Crippen LogP contribution is -2.44. The maximum absolute atomic E-state index is 13.3. The average Bonchev–Trinajstić information content (AvgIpc) is 3.12. The second kappa shape index (κ2) is 10.5. The standard InChI is InChI=1S/C26H32N2O5/c1-18-16-20(32-17-19-8-6-5-7-9-19)10-11-21(18)24(30)22-12-13-23(29)28(22)15-14-27-25(31)33-26(2,3)4/h5-11,16,22H,12-15,17H2,1-4H3,(H,27,31)/t22-/m0/s1. The maximum Gasteiger partial charge on any atom is 0.407 e. The van der Waals surface area contributed by atoms with Crippen LogP contribution in [-0.4, -0.2) is 47.4 Å². The van der Waals surface area contributed by atoms with E-state index in [1.807, 2.05) is 43.3 Å². The first kappa shape index (κ1) is 24.3. The molecule has 0 aromatic heterocycles. The average molecular weight is 453 g/mol. The summed E-state index contributed by atoms with van der Waals surface area (Å²) in [6.07, 6.45) is 0.245. The van der Waals surface area contributed by atoms with Crippen molar-refractivity contribution in [3.05, 3.63) is 65.2 Å². The molecule has 0 saturated carbocycles. The summed E-state index contributed by atoms with van der Waals surface area (Å²) in [5.74, 6) is 0.513. The molecule has 0 bridgehead atoms. The largest absolute Gasteiger partial charge is 0.489 e. The number of nitrogens with zero attached hydrogens (tertiary/aromatic N) is 1. The van der Waals surface area contributed by atoms with E-state index in [2.05, 4.69) is 5.32 Å². The van der Waals surface area contributed by atoms with E-state index in [1.54, 1.807) is 37.8 Å². The number of likely N-dealkylation sites (tertiary alicyclic amines) is 1. The van der Waals surface area contributed by atoms with E-state index in [4.69, 9.17) is 9.47 Å². The van der Waals surface area contributed by atoms with Crippen LogP contribution in [0.2, 0.25) is 0 Å². The summed E-state index contributed by atoms with van der Waals surface area (Å²) in [5.41, 5.74) is 1.85. The minimum atomic E-state index is -0.597. The molecule has 176 valence electrons. The summed E-state index contributed by atoms with van der Waals surface area (Å²) >= 11 is 0. The summed E-state index contributed by atoms with van der Waals surface area (Å²) in [6, 6.07) is 14.7. The molecular formula is C26H32N2O5. The fourth-order valence-corrected chi connectivity index (χ4v) is 3.80. The molecule has 1 saturated heterocycles. The van der Waals surface area contributed by atoms with E-state index >= 15 is 0 Å². The Kier molecular flexibility index (Phi) is 7.74. The molecule has 1 N–H and O–H groups in total. The number of nitrogens with one attached hydrogen (secondary N) is 1. The van der Waals surface area contributed by atoms with Gasteiger partial charge in [0.1, 0.15) is 18.0 Å². The molecule has 3 rings (SSSR count). The smallest absolute Gasteiger partial charge is 0.407 e. The Hall–Kier alpha value is -3.35. The number of aryl methyl sites for hydroxylation is 1. The number of rotatable bonds is 8. The molecule has 2 aromatic rings. The van der Waals surface area contributed by atoms with E-state index in [0.29, 0.717) is 30.8 Å². The highest BCUT2D eigenvalue weighted by molar-refractivity contribution is 6.04. The Morgan fingerprint density at radius 3 is 2.52 bits per heavy atom. The van der Waals surface area contributed by atoms with Crippen LogP contribution in [0.25, 0.3) is 0 Å². The number of ketones is 1. The normalized spacial score (nSPS) is 15.9. The molecular weight excluding hydrogens is 420 g/mol. The Morgan fingerprint density at radius 1 is 1.12 bits per heavy atom. The van der Waals surface area contributed by atoms with E-state index < -0.39 is 17.7 Å². The summed E-state index contributed by atoms with van der Waals surface area (Å²) in [4.78, 5) is 39.1. The number of amides is 2. The first-order valence-corrected chi connectivity index (χ1v) is 11.2. The van der Waals surface area contributed by atoms with Crippen LogP contribution in [0.3, 0.4) is 0 Å².